The molecule has 0 aliphatic carbocycles. The van der Waals surface area contributed by atoms with Gasteiger partial charge in [0, 0.05) is 37.9 Å². The Morgan fingerprint density at radius 2 is 2.16 bits per heavy atom. The summed E-state index contributed by atoms with van der Waals surface area (Å²) in [6, 6.07) is 5.87. The maximum atomic E-state index is 10.5. The minimum atomic E-state index is -0.318. The van der Waals surface area contributed by atoms with E-state index < -0.39 is 0 Å². The van der Waals surface area contributed by atoms with Gasteiger partial charge in [-0.1, -0.05) is 40.5 Å². The van der Waals surface area contributed by atoms with Crippen molar-refractivity contribution in [2.45, 2.75) is 36.4 Å². The molecule has 0 spiro atoms. The third-order valence-electron chi connectivity index (χ3n) is 3.32. The summed E-state index contributed by atoms with van der Waals surface area (Å²) < 4.78 is 0.977. The van der Waals surface area contributed by atoms with Crippen molar-refractivity contribution in [2.24, 2.45) is 0 Å². The summed E-state index contributed by atoms with van der Waals surface area (Å²) in [5.41, 5.74) is 1.03. The largest absolute Gasteiger partial charge is 0.392 e. The summed E-state index contributed by atoms with van der Waals surface area (Å²) in [5, 5.41) is 12.1. The van der Waals surface area contributed by atoms with E-state index in [1.807, 2.05) is 41.7 Å². The Hall–Kier alpha value is 0.650. The Morgan fingerprint density at radius 3 is 2.84 bits per heavy atom. The van der Waals surface area contributed by atoms with Crippen LogP contribution in [0.15, 0.2) is 22.7 Å². The first kappa shape index (κ1) is 16.0. The van der Waals surface area contributed by atoms with Gasteiger partial charge in [0.05, 0.1) is 6.10 Å². The van der Waals surface area contributed by atoms with Gasteiger partial charge in [-0.15, -0.1) is 0 Å². The van der Waals surface area contributed by atoms with Crippen molar-refractivity contribution < 1.29 is 5.11 Å². The van der Waals surface area contributed by atoms with Crippen molar-refractivity contribution in [2.75, 3.05) is 11.5 Å². The molecule has 19 heavy (non-hydrogen) atoms. The molecule has 5 heteroatoms. The fraction of sp³-hybridized carbons (Fsp3) is 0.571. The van der Waals surface area contributed by atoms with E-state index in [4.69, 9.17) is 11.6 Å². The summed E-state index contributed by atoms with van der Waals surface area (Å²) in [6.45, 7) is 2.20. The molecule has 1 nitrogen and oxygen atoms in total. The van der Waals surface area contributed by atoms with Gasteiger partial charge in [0.15, 0.2) is 0 Å². The first-order valence-corrected chi connectivity index (χ1v) is 9.74. The van der Waals surface area contributed by atoms with E-state index in [-0.39, 0.29) is 6.10 Å². The maximum Gasteiger partial charge on any atom is 0.0710 e. The Kier molecular flexibility index (Phi) is 6.41. The van der Waals surface area contributed by atoms with Crippen molar-refractivity contribution in [3.63, 3.8) is 0 Å². The lowest BCUT2D eigenvalue weighted by atomic mass is 10.0. The van der Waals surface area contributed by atoms with Crippen LogP contribution >= 0.6 is 51.1 Å². The van der Waals surface area contributed by atoms with Crippen molar-refractivity contribution in [3.05, 3.63) is 33.3 Å². The molecule has 1 N–H and O–H groups in total. The molecule has 0 aromatic heterocycles. The van der Waals surface area contributed by atoms with E-state index in [1.54, 1.807) is 0 Å². The highest BCUT2D eigenvalue weighted by Gasteiger charge is 2.31. The predicted octanol–water partition coefficient (Wildman–Crippen LogP) is 4.63. The molecule has 1 aliphatic heterocycles. The first-order chi connectivity index (χ1) is 9.11. The number of thioether (sulfide) groups is 2. The minimum Gasteiger partial charge on any atom is -0.392 e. The molecule has 0 amide bonds. The second kappa shape index (κ2) is 7.60. The smallest absolute Gasteiger partial charge is 0.0710 e. The van der Waals surface area contributed by atoms with Crippen LogP contribution in [0.5, 0.6) is 0 Å². The number of hydrogen-bond donors (Lipinski definition) is 1. The van der Waals surface area contributed by atoms with E-state index in [1.165, 1.54) is 5.75 Å². The molecule has 3 atom stereocenters. The standard InChI is InChI=1S/C14H18BrClOS2/c1-2-13-14(19-6-5-18-13)12(17)7-9-3-4-10(15)8-11(9)16/h3-4,8,12-14,17H,2,5-7H2,1H3. The van der Waals surface area contributed by atoms with Crippen molar-refractivity contribution in [1.82, 2.24) is 0 Å². The molecule has 1 heterocycles. The highest BCUT2D eigenvalue weighted by molar-refractivity contribution is 9.10. The number of aliphatic hydroxyl groups is 1. The molecule has 1 fully saturated rings. The van der Waals surface area contributed by atoms with Crippen LogP contribution in [0.2, 0.25) is 5.02 Å². The Bertz CT molecular complexity index is 430. The van der Waals surface area contributed by atoms with Gasteiger partial charge in [-0.2, -0.15) is 23.5 Å². The summed E-state index contributed by atoms with van der Waals surface area (Å²) in [7, 11) is 0. The van der Waals surface area contributed by atoms with Gasteiger partial charge < -0.3 is 5.11 Å². The Balaban J connectivity index is 2.04. The van der Waals surface area contributed by atoms with Crippen molar-refractivity contribution in [1.29, 1.82) is 0 Å². The van der Waals surface area contributed by atoms with Crippen LogP contribution in [0.4, 0.5) is 0 Å². The van der Waals surface area contributed by atoms with E-state index in [0.717, 1.165) is 27.2 Å². The normalized spacial score (nSPS) is 25.3. The quantitative estimate of drug-likeness (QED) is 0.821. The average molecular weight is 382 g/mol. The van der Waals surface area contributed by atoms with Crippen LogP contribution in [-0.4, -0.2) is 33.2 Å². The van der Waals surface area contributed by atoms with E-state index in [2.05, 4.69) is 22.9 Å². The highest BCUT2D eigenvalue weighted by Crippen LogP contribution is 2.36. The van der Waals surface area contributed by atoms with Crippen molar-refractivity contribution in [3.8, 4) is 0 Å². The molecule has 0 saturated carbocycles. The molecule has 1 aromatic rings. The Labute approximate surface area is 137 Å². The lowest BCUT2D eigenvalue weighted by molar-refractivity contribution is 0.169. The molecule has 0 radical (unpaired) electrons. The van der Waals surface area contributed by atoms with E-state index in [0.29, 0.717) is 16.9 Å². The molecule has 1 saturated heterocycles. The average Bonchev–Trinajstić information content (AvgIpc) is 2.41. The zero-order chi connectivity index (χ0) is 13.8. The van der Waals surface area contributed by atoms with Crippen LogP contribution in [0.3, 0.4) is 0 Å². The van der Waals surface area contributed by atoms with Gasteiger partial charge in [-0.3, -0.25) is 0 Å². The first-order valence-electron chi connectivity index (χ1n) is 6.47. The predicted molar refractivity (Wildman–Crippen MR) is 91.6 cm³/mol. The lowest BCUT2D eigenvalue weighted by Gasteiger charge is -2.33. The molecule has 1 aliphatic rings. The summed E-state index contributed by atoms with van der Waals surface area (Å²) in [6.07, 6.45) is 1.44. The van der Waals surface area contributed by atoms with Gasteiger partial charge in [-0.25, -0.2) is 0 Å². The lowest BCUT2D eigenvalue weighted by Crippen LogP contribution is -2.37. The number of benzene rings is 1. The number of aliphatic hydroxyl groups excluding tert-OH is 1. The molecule has 0 bridgehead atoms. The second-order valence-corrected chi connectivity index (χ2v) is 8.62. The minimum absolute atomic E-state index is 0.318. The molecular formula is C14H18BrClOS2. The van der Waals surface area contributed by atoms with E-state index >= 15 is 0 Å². The third kappa shape index (κ3) is 4.31. The highest BCUT2D eigenvalue weighted by atomic mass is 79.9. The van der Waals surface area contributed by atoms with Crippen LogP contribution < -0.4 is 0 Å². The Morgan fingerprint density at radius 1 is 1.42 bits per heavy atom. The van der Waals surface area contributed by atoms with Gasteiger partial charge in [0.25, 0.3) is 0 Å². The monoisotopic (exact) mass is 380 g/mol. The van der Waals surface area contributed by atoms with Crippen LogP contribution in [0.1, 0.15) is 18.9 Å². The number of hydrogen-bond acceptors (Lipinski definition) is 3. The summed E-state index contributed by atoms with van der Waals surface area (Å²) >= 11 is 13.5. The second-order valence-electron chi connectivity index (χ2n) is 4.66. The number of rotatable bonds is 4. The summed E-state index contributed by atoms with van der Waals surface area (Å²) in [4.78, 5) is 0. The van der Waals surface area contributed by atoms with Gasteiger partial charge in [0.2, 0.25) is 0 Å². The van der Waals surface area contributed by atoms with Gasteiger partial charge in [0.1, 0.15) is 0 Å². The number of halogens is 2. The maximum absolute atomic E-state index is 10.5. The summed E-state index contributed by atoms with van der Waals surface area (Å²) in [5.74, 6) is 2.34. The molecule has 2 rings (SSSR count). The fourth-order valence-electron chi connectivity index (χ4n) is 2.32. The molecule has 3 unspecified atom stereocenters. The van der Waals surface area contributed by atoms with Crippen molar-refractivity contribution >= 4 is 51.1 Å². The topological polar surface area (TPSA) is 20.2 Å². The molecule has 106 valence electrons. The van der Waals surface area contributed by atoms with Crippen LogP contribution in [0.25, 0.3) is 0 Å². The molecular weight excluding hydrogens is 364 g/mol. The van der Waals surface area contributed by atoms with Gasteiger partial charge in [-0.05, 0) is 24.1 Å². The zero-order valence-electron chi connectivity index (χ0n) is 10.8. The van der Waals surface area contributed by atoms with Gasteiger partial charge >= 0.3 is 0 Å². The molecule has 1 aromatic carbocycles. The van der Waals surface area contributed by atoms with Crippen LogP contribution in [0, 0.1) is 0 Å². The third-order valence-corrected chi connectivity index (χ3v) is 7.56. The van der Waals surface area contributed by atoms with Crippen LogP contribution in [-0.2, 0) is 6.42 Å². The SMILES string of the molecule is CCC1SCCSC1C(O)Cc1ccc(Br)cc1Cl. The fourth-order valence-corrected chi connectivity index (χ4v) is 6.22. The van der Waals surface area contributed by atoms with E-state index in [9.17, 15) is 5.11 Å². The zero-order valence-corrected chi connectivity index (χ0v) is 14.8.